The second kappa shape index (κ2) is 6.73. The number of nitrogens with one attached hydrogen (secondary N) is 1. The Balaban J connectivity index is 1.94. The molecule has 4 nitrogen and oxygen atoms in total. The van der Waals surface area contributed by atoms with Crippen LogP contribution in [-0.4, -0.2) is 36.0 Å². The lowest BCUT2D eigenvalue weighted by Crippen LogP contribution is -2.53. The first-order valence-corrected chi connectivity index (χ1v) is 7.56. The van der Waals surface area contributed by atoms with Crippen molar-refractivity contribution in [1.29, 1.82) is 5.26 Å². The number of carbonyl (C=O) groups is 1. The van der Waals surface area contributed by atoms with E-state index in [4.69, 9.17) is 5.26 Å². The van der Waals surface area contributed by atoms with Crippen LogP contribution in [-0.2, 0) is 0 Å². The van der Waals surface area contributed by atoms with E-state index in [2.05, 4.69) is 30.1 Å². The fourth-order valence-electron chi connectivity index (χ4n) is 2.74. The monoisotopic (exact) mass is 285 g/mol. The van der Waals surface area contributed by atoms with Crippen LogP contribution in [0, 0.1) is 11.3 Å². The first kappa shape index (κ1) is 15.5. The highest BCUT2D eigenvalue weighted by Gasteiger charge is 2.28. The van der Waals surface area contributed by atoms with E-state index in [9.17, 15) is 4.79 Å². The number of amides is 1. The average molecular weight is 285 g/mol. The number of benzene rings is 1. The van der Waals surface area contributed by atoms with E-state index in [-0.39, 0.29) is 11.4 Å². The number of nitriles is 1. The molecule has 0 aliphatic carbocycles. The summed E-state index contributed by atoms with van der Waals surface area (Å²) in [7, 11) is 0. The van der Waals surface area contributed by atoms with Crippen molar-refractivity contribution >= 4 is 5.91 Å². The predicted octanol–water partition coefficient (Wildman–Crippen LogP) is 2.55. The second-order valence-electron chi connectivity index (χ2n) is 6.24. The Kier molecular flexibility index (Phi) is 4.98. The van der Waals surface area contributed by atoms with Gasteiger partial charge in [0.25, 0.3) is 5.91 Å². The minimum absolute atomic E-state index is 0.0388. The third-order valence-corrected chi connectivity index (χ3v) is 4.15. The quantitative estimate of drug-likeness (QED) is 0.925. The van der Waals surface area contributed by atoms with Crippen molar-refractivity contribution in [1.82, 2.24) is 10.2 Å². The zero-order valence-electron chi connectivity index (χ0n) is 12.9. The van der Waals surface area contributed by atoms with Gasteiger partial charge in [0.15, 0.2) is 0 Å². The lowest BCUT2D eigenvalue weighted by molar-refractivity contribution is 0.0797. The van der Waals surface area contributed by atoms with Crippen LogP contribution in [0.2, 0.25) is 0 Å². The number of piperidine rings is 1. The van der Waals surface area contributed by atoms with Gasteiger partial charge in [0.05, 0.1) is 11.6 Å². The molecule has 0 aromatic heterocycles. The molecule has 0 unspecified atom stereocenters. The number of hydrogen-bond donors (Lipinski definition) is 1. The molecule has 1 aromatic rings. The first-order valence-electron chi connectivity index (χ1n) is 7.56. The fraction of sp³-hybridized carbons (Fsp3) is 0.529. The summed E-state index contributed by atoms with van der Waals surface area (Å²) >= 11 is 0. The summed E-state index contributed by atoms with van der Waals surface area (Å²) in [6.45, 7) is 7.16. The van der Waals surface area contributed by atoms with E-state index in [1.165, 1.54) is 19.3 Å². The molecule has 1 fully saturated rings. The number of rotatable bonds is 4. The van der Waals surface area contributed by atoms with Gasteiger partial charge in [0, 0.05) is 17.6 Å². The summed E-state index contributed by atoms with van der Waals surface area (Å²) in [5.74, 6) is -0.114. The van der Waals surface area contributed by atoms with Crippen LogP contribution < -0.4 is 5.32 Å². The van der Waals surface area contributed by atoms with Crippen LogP contribution in [0.15, 0.2) is 24.3 Å². The highest BCUT2D eigenvalue weighted by molar-refractivity contribution is 5.94. The Morgan fingerprint density at radius 2 is 2.05 bits per heavy atom. The van der Waals surface area contributed by atoms with Crippen molar-refractivity contribution in [2.75, 3.05) is 19.6 Å². The summed E-state index contributed by atoms with van der Waals surface area (Å²) in [4.78, 5) is 14.7. The lowest BCUT2D eigenvalue weighted by Gasteiger charge is -2.41. The third kappa shape index (κ3) is 4.05. The van der Waals surface area contributed by atoms with Crippen LogP contribution in [0.25, 0.3) is 0 Å². The predicted molar refractivity (Wildman–Crippen MR) is 83.0 cm³/mol. The number of hydrogen-bond acceptors (Lipinski definition) is 3. The molecule has 0 bridgehead atoms. The van der Waals surface area contributed by atoms with E-state index < -0.39 is 0 Å². The van der Waals surface area contributed by atoms with Crippen LogP contribution in [0.1, 0.15) is 49.0 Å². The Hall–Kier alpha value is -1.86. The van der Waals surface area contributed by atoms with E-state index in [1.807, 2.05) is 0 Å². The van der Waals surface area contributed by atoms with E-state index in [0.717, 1.165) is 13.1 Å². The first-order chi connectivity index (χ1) is 10.0. The molecule has 0 spiro atoms. The number of nitrogens with zero attached hydrogens (tertiary/aromatic N) is 2. The molecule has 0 atom stereocenters. The van der Waals surface area contributed by atoms with Crippen molar-refractivity contribution < 1.29 is 4.79 Å². The molecule has 2 rings (SSSR count). The minimum atomic E-state index is -0.114. The van der Waals surface area contributed by atoms with Crippen molar-refractivity contribution in [2.24, 2.45) is 0 Å². The van der Waals surface area contributed by atoms with Gasteiger partial charge in [-0.15, -0.1) is 0 Å². The molecule has 112 valence electrons. The summed E-state index contributed by atoms with van der Waals surface area (Å²) in [6, 6.07) is 8.87. The fourth-order valence-corrected chi connectivity index (χ4v) is 2.74. The van der Waals surface area contributed by atoms with E-state index in [1.54, 1.807) is 24.3 Å². The maximum Gasteiger partial charge on any atom is 0.251 e. The molecular formula is C17H23N3O. The van der Waals surface area contributed by atoms with Crippen LogP contribution in [0.4, 0.5) is 0 Å². The highest BCUT2D eigenvalue weighted by Crippen LogP contribution is 2.20. The topological polar surface area (TPSA) is 56.1 Å². The average Bonchev–Trinajstić information content (AvgIpc) is 2.53. The molecule has 1 aromatic carbocycles. The molecule has 1 saturated heterocycles. The highest BCUT2D eigenvalue weighted by atomic mass is 16.1. The van der Waals surface area contributed by atoms with Crippen molar-refractivity contribution in [2.45, 2.75) is 38.6 Å². The van der Waals surface area contributed by atoms with Crippen LogP contribution >= 0.6 is 0 Å². The Bertz CT molecular complexity index is 539. The molecular weight excluding hydrogens is 262 g/mol. The molecule has 0 saturated carbocycles. The summed E-state index contributed by atoms with van der Waals surface area (Å²) in [5, 5.41) is 11.9. The molecule has 1 heterocycles. The smallest absolute Gasteiger partial charge is 0.251 e. The minimum Gasteiger partial charge on any atom is -0.350 e. The Morgan fingerprint density at radius 1 is 1.33 bits per heavy atom. The Morgan fingerprint density at radius 3 is 2.71 bits per heavy atom. The molecule has 1 N–H and O–H groups in total. The molecule has 1 amide bonds. The molecule has 21 heavy (non-hydrogen) atoms. The summed E-state index contributed by atoms with van der Waals surface area (Å²) < 4.78 is 0. The van der Waals surface area contributed by atoms with Gasteiger partial charge >= 0.3 is 0 Å². The normalized spacial score (nSPS) is 16.2. The largest absolute Gasteiger partial charge is 0.350 e. The van der Waals surface area contributed by atoms with Crippen LogP contribution in [0.5, 0.6) is 0 Å². The Labute approximate surface area is 126 Å². The number of likely N-dealkylation sites (tertiary alicyclic amines) is 1. The van der Waals surface area contributed by atoms with Gasteiger partial charge in [0.2, 0.25) is 0 Å². The number of carbonyl (C=O) groups excluding carboxylic acids is 1. The van der Waals surface area contributed by atoms with Gasteiger partial charge in [-0.25, -0.2) is 0 Å². The second-order valence-corrected chi connectivity index (χ2v) is 6.24. The van der Waals surface area contributed by atoms with E-state index >= 15 is 0 Å². The molecule has 4 heteroatoms. The van der Waals surface area contributed by atoms with E-state index in [0.29, 0.717) is 17.7 Å². The lowest BCUT2D eigenvalue weighted by atomic mass is 9.98. The molecule has 0 radical (unpaired) electrons. The maximum absolute atomic E-state index is 12.2. The van der Waals surface area contributed by atoms with Gasteiger partial charge in [-0.1, -0.05) is 12.5 Å². The maximum atomic E-state index is 12.2. The SMILES string of the molecule is CC(C)(CNC(=O)c1cccc(C#N)c1)N1CCCCC1. The van der Waals surface area contributed by atoms with Gasteiger partial charge in [-0.3, -0.25) is 9.69 Å². The zero-order chi connectivity index (χ0) is 15.3. The van der Waals surface area contributed by atoms with Crippen molar-refractivity contribution in [3.8, 4) is 6.07 Å². The van der Waals surface area contributed by atoms with Gasteiger partial charge in [-0.2, -0.15) is 5.26 Å². The van der Waals surface area contributed by atoms with Gasteiger partial charge in [-0.05, 0) is 58.0 Å². The van der Waals surface area contributed by atoms with Gasteiger partial charge < -0.3 is 5.32 Å². The summed E-state index contributed by atoms with van der Waals surface area (Å²) in [5.41, 5.74) is 1.02. The van der Waals surface area contributed by atoms with Crippen LogP contribution in [0.3, 0.4) is 0 Å². The van der Waals surface area contributed by atoms with Gasteiger partial charge in [0.1, 0.15) is 0 Å². The molecule has 1 aliphatic heterocycles. The van der Waals surface area contributed by atoms with Crippen molar-refractivity contribution in [3.05, 3.63) is 35.4 Å². The molecule has 1 aliphatic rings. The zero-order valence-corrected chi connectivity index (χ0v) is 12.9. The standard InChI is InChI=1S/C17H23N3O/c1-17(2,20-9-4-3-5-10-20)13-19-16(21)15-8-6-7-14(11-15)12-18/h6-8,11H,3-5,9-10,13H2,1-2H3,(H,19,21). The third-order valence-electron chi connectivity index (χ3n) is 4.15. The summed E-state index contributed by atoms with van der Waals surface area (Å²) in [6.07, 6.45) is 3.78. The van der Waals surface area contributed by atoms with Crippen molar-refractivity contribution in [3.63, 3.8) is 0 Å².